The molecular formula is C25H28N4O6. The fraction of sp³-hybridized carbons (Fsp3) is 0.360. The molecule has 1 atom stereocenters. The standard InChI is InChI=1S/C25H28N4O6/c1-16-5-8-18(9-6-16)26-21(30)14-28(3)22(31)15-29-23(32)25(2,27-24(29)33)17-7-10-19-20(13-17)35-12-4-11-34-19/h5-10,13H,4,11-12,14-15H2,1-3H3,(H,26,30)(H,27,33). The smallest absolute Gasteiger partial charge is 0.325 e. The Hall–Kier alpha value is -4.08. The molecule has 0 spiro atoms. The third kappa shape index (κ3) is 5.06. The van der Waals surface area contributed by atoms with Crippen LogP contribution in [0.15, 0.2) is 42.5 Å². The van der Waals surface area contributed by atoms with E-state index in [4.69, 9.17) is 9.47 Å². The Kier molecular flexibility index (Phi) is 6.63. The fourth-order valence-corrected chi connectivity index (χ4v) is 3.91. The molecule has 2 aromatic rings. The monoisotopic (exact) mass is 480 g/mol. The number of amides is 5. The van der Waals surface area contributed by atoms with Crippen molar-refractivity contribution >= 4 is 29.4 Å². The van der Waals surface area contributed by atoms with Crippen molar-refractivity contribution in [2.24, 2.45) is 0 Å². The molecule has 2 heterocycles. The van der Waals surface area contributed by atoms with Gasteiger partial charge in [-0.3, -0.25) is 19.3 Å². The summed E-state index contributed by atoms with van der Waals surface area (Å²) in [6.07, 6.45) is 0.739. The average molecular weight is 481 g/mol. The number of hydrogen-bond acceptors (Lipinski definition) is 6. The molecule has 0 radical (unpaired) electrons. The molecule has 2 aromatic carbocycles. The van der Waals surface area contributed by atoms with E-state index < -0.39 is 29.9 Å². The molecule has 4 rings (SSSR count). The number of fused-ring (bicyclic) bond motifs is 1. The summed E-state index contributed by atoms with van der Waals surface area (Å²) in [5, 5.41) is 5.40. The molecule has 1 saturated heterocycles. The van der Waals surface area contributed by atoms with Crippen LogP contribution >= 0.6 is 0 Å². The highest BCUT2D eigenvalue weighted by atomic mass is 16.5. The number of carbonyl (C=O) groups excluding carboxylic acids is 4. The minimum absolute atomic E-state index is 0.226. The molecule has 2 aliphatic rings. The van der Waals surface area contributed by atoms with Crippen LogP contribution in [0.1, 0.15) is 24.5 Å². The summed E-state index contributed by atoms with van der Waals surface area (Å²) in [6.45, 7) is 3.82. The van der Waals surface area contributed by atoms with Gasteiger partial charge in [-0.15, -0.1) is 0 Å². The molecule has 1 unspecified atom stereocenters. The van der Waals surface area contributed by atoms with Crippen molar-refractivity contribution in [3.8, 4) is 11.5 Å². The Morgan fingerprint density at radius 3 is 2.49 bits per heavy atom. The predicted octanol–water partition coefficient (Wildman–Crippen LogP) is 2.02. The van der Waals surface area contributed by atoms with E-state index in [-0.39, 0.29) is 12.5 Å². The van der Waals surface area contributed by atoms with Gasteiger partial charge in [0.15, 0.2) is 11.5 Å². The summed E-state index contributed by atoms with van der Waals surface area (Å²) in [5.41, 5.74) is 0.814. The van der Waals surface area contributed by atoms with Gasteiger partial charge >= 0.3 is 6.03 Å². The molecule has 0 aliphatic carbocycles. The van der Waals surface area contributed by atoms with Crippen LogP contribution in [0, 0.1) is 6.92 Å². The Balaban J connectivity index is 1.40. The molecule has 5 amide bonds. The van der Waals surface area contributed by atoms with Crippen molar-refractivity contribution in [3.63, 3.8) is 0 Å². The van der Waals surface area contributed by atoms with Gasteiger partial charge in [0.1, 0.15) is 12.1 Å². The van der Waals surface area contributed by atoms with E-state index in [0.717, 1.165) is 16.9 Å². The van der Waals surface area contributed by atoms with E-state index in [1.54, 1.807) is 37.3 Å². The van der Waals surface area contributed by atoms with Crippen LogP contribution in [-0.2, 0) is 19.9 Å². The maximum atomic E-state index is 13.2. The molecule has 184 valence electrons. The van der Waals surface area contributed by atoms with E-state index >= 15 is 0 Å². The summed E-state index contributed by atoms with van der Waals surface area (Å²) < 4.78 is 11.3. The summed E-state index contributed by atoms with van der Waals surface area (Å²) in [5.74, 6) is -0.432. The number of anilines is 1. The van der Waals surface area contributed by atoms with Crippen molar-refractivity contribution < 1.29 is 28.7 Å². The van der Waals surface area contributed by atoms with Crippen LogP contribution in [-0.4, -0.2) is 66.9 Å². The molecule has 2 N–H and O–H groups in total. The molecular weight excluding hydrogens is 452 g/mol. The first-order valence-corrected chi connectivity index (χ1v) is 11.3. The molecule has 0 saturated carbocycles. The SMILES string of the molecule is Cc1ccc(NC(=O)CN(C)C(=O)CN2C(=O)NC(C)(c3ccc4c(c3)OCCCO4)C2=O)cc1. The zero-order valence-electron chi connectivity index (χ0n) is 19.9. The minimum atomic E-state index is -1.37. The van der Waals surface area contributed by atoms with E-state index in [2.05, 4.69) is 10.6 Å². The van der Waals surface area contributed by atoms with Crippen molar-refractivity contribution in [2.75, 3.05) is 38.7 Å². The third-order valence-corrected chi connectivity index (χ3v) is 6.04. The topological polar surface area (TPSA) is 117 Å². The molecule has 35 heavy (non-hydrogen) atoms. The Bertz CT molecular complexity index is 1170. The lowest BCUT2D eigenvalue weighted by atomic mass is 9.91. The normalized spacial score (nSPS) is 19.1. The van der Waals surface area contributed by atoms with E-state index in [1.807, 2.05) is 19.1 Å². The second-order valence-corrected chi connectivity index (χ2v) is 8.82. The summed E-state index contributed by atoms with van der Waals surface area (Å²) in [4.78, 5) is 53.0. The summed E-state index contributed by atoms with van der Waals surface area (Å²) >= 11 is 0. The number of likely N-dealkylation sites (N-methyl/N-ethyl adjacent to an activating group) is 1. The van der Waals surface area contributed by atoms with Gasteiger partial charge < -0.3 is 25.0 Å². The maximum Gasteiger partial charge on any atom is 0.325 e. The number of nitrogens with zero attached hydrogens (tertiary/aromatic N) is 2. The van der Waals surface area contributed by atoms with E-state index in [1.165, 1.54) is 11.9 Å². The van der Waals surface area contributed by atoms with Crippen LogP contribution in [0.3, 0.4) is 0 Å². The number of rotatable bonds is 6. The van der Waals surface area contributed by atoms with Crippen molar-refractivity contribution in [1.29, 1.82) is 0 Å². The molecule has 10 nitrogen and oxygen atoms in total. The first kappa shape index (κ1) is 24.1. The number of benzene rings is 2. The molecule has 2 aliphatic heterocycles. The zero-order chi connectivity index (χ0) is 25.2. The maximum absolute atomic E-state index is 13.2. The van der Waals surface area contributed by atoms with Gasteiger partial charge in [-0.25, -0.2) is 4.79 Å². The summed E-state index contributed by atoms with van der Waals surface area (Å²) in [6, 6.07) is 11.6. The Labute approximate surface area is 203 Å². The Morgan fingerprint density at radius 1 is 1.09 bits per heavy atom. The van der Waals surface area contributed by atoms with Crippen molar-refractivity contribution in [2.45, 2.75) is 25.8 Å². The molecule has 0 bridgehead atoms. The first-order valence-electron chi connectivity index (χ1n) is 11.3. The lowest BCUT2D eigenvalue weighted by Gasteiger charge is -2.24. The van der Waals surface area contributed by atoms with E-state index in [0.29, 0.717) is 36.0 Å². The number of imide groups is 1. The molecule has 1 fully saturated rings. The van der Waals surface area contributed by atoms with Gasteiger partial charge in [0.2, 0.25) is 11.8 Å². The van der Waals surface area contributed by atoms with Gasteiger partial charge in [0.05, 0.1) is 19.8 Å². The largest absolute Gasteiger partial charge is 0.490 e. The number of aryl methyl sites for hydroxylation is 1. The highest BCUT2D eigenvalue weighted by Gasteiger charge is 2.50. The fourth-order valence-electron chi connectivity index (χ4n) is 3.91. The average Bonchev–Trinajstić information content (AvgIpc) is 2.98. The number of hydrogen-bond donors (Lipinski definition) is 2. The second-order valence-electron chi connectivity index (χ2n) is 8.82. The van der Waals surface area contributed by atoms with Gasteiger partial charge in [0, 0.05) is 19.2 Å². The number of urea groups is 1. The van der Waals surface area contributed by atoms with Gasteiger partial charge in [-0.05, 0) is 43.7 Å². The first-order chi connectivity index (χ1) is 16.7. The van der Waals surface area contributed by atoms with Gasteiger partial charge in [0.25, 0.3) is 5.91 Å². The van der Waals surface area contributed by atoms with Gasteiger partial charge in [-0.1, -0.05) is 23.8 Å². The van der Waals surface area contributed by atoms with Crippen LogP contribution < -0.4 is 20.1 Å². The number of ether oxygens (including phenoxy) is 2. The highest BCUT2D eigenvalue weighted by Crippen LogP contribution is 2.36. The lowest BCUT2D eigenvalue weighted by molar-refractivity contribution is -0.139. The lowest BCUT2D eigenvalue weighted by Crippen LogP contribution is -2.45. The van der Waals surface area contributed by atoms with Crippen LogP contribution in [0.5, 0.6) is 11.5 Å². The third-order valence-electron chi connectivity index (χ3n) is 6.04. The zero-order valence-corrected chi connectivity index (χ0v) is 19.9. The van der Waals surface area contributed by atoms with Crippen molar-refractivity contribution in [1.82, 2.24) is 15.1 Å². The van der Waals surface area contributed by atoms with Gasteiger partial charge in [-0.2, -0.15) is 0 Å². The second kappa shape index (κ2) is 9.65. The molecule has 10 heteroatoms. The highest BCUT2D eigenvalue weighted by molar-refractivity contribution is 6.09. The van der Waals surface area contributed by atoms with Crippen LogP contribution in [0.25, 0.3) is 0 Å². The van der Waals surface area contributed by atoms with Crippen LogP contribution in [0.4, 0.5) is 10.5 Å². The summed E-state index contributed by atoms with van der Waals surface area (Å²) in [7, 11) is 1.44. The predicted molar refractivity (Wildman–Crippen MR) is 127 cm³/mol. The Morgan fingerprint density at radius 2 is 1.77 bits per heavy atom. The quantitative estimate of drug-likeness (QED) is 0.611. The van der Waals surface area contributed by atoms with Crippen LogP contribution in [0.2, 0.25) is 0 Å². The minimum Gasteiger partial charge on any atom is -0.490 e. The number of carbonyl (C=O) groups is 4. The molecule has 0 aromatic heterocycles. The van der Waals surface area contributed by atoms with Crippen molar-refractivity contribution in [3.05, 3.63) is 53.6 Å². The number of nitrogens with one attached hydrogen (secondary N) is 2. The van der Waals surface area contributed by atoms with E-state index in [9.17, 15) is 19.2 Å².